The minimum atomic E-state index is -1.98. The predicted octanol–water partition coefficient (Wildman–Crippen LogP) is 7.75. The van der Waals surface area contributed by atoms with E-state index in [4.69, 9.17) is 4.74 Å². The van der Waals surface area contributed by atoms with E-state index in [1.165, 1.54) is 11.1 Å². The zero-order chi connectivity index (χ0) is 25.2. The summed E-state index contributed by atoms with van der Waals surface area (Å²) >= 11 is 3.43. The van der Waals surface area contributed by atoms with E-state index in [2.05, 4.69) is 93.0 Å². The molecule has 0 aliphatic heterocycles. The molecule has 1 heterocycles. The molecule has 34 heavy (non-hydrogen) atoms. The summed E-state index contributed by atoms with van der Waals surface area (Å²) in [6.45, 7) is 15.2. The van der Waals surface area contributed by atoms with Crippen molar-refractivity contribution in [2.45, 2.75) is 64.6 Å². The normalized spacial score (nSPS) is 12.5. The van der Waals surface area contributed by atoms with Crippen LogP contribution in [-0.4, -0.2) is 44.0 Å². The van der Waals surface area contributed by atoms with Crippen LogP contribution in [0.3, 0.4) is 0 Å². The Bertz CT molecular complexity index is 1110. The van der Waals surface area contributed by atoms with Gasteiger partial charge in [-0.3, -0.25) is 0 Å². The third-order valence-electron chi connectivity index (χ3n) is 7.17. The first kappa shape index (κ1) is 26.7. The zero-order valence-corrected chi connectivity index (χ0v) is 24.4. The Hall–Kier alpha value is -1.89. The van der Waals surface area contributed by atoms with E-state index in [1.54, 1.807) is 12.1 Å². The van der Waals surface area contributed by atoms with Crippen LogP contribution in [0.15, 0.2) is 53.1 Å². The van der Waals surface area contributed by atoms with Gasteiger partial charge in [0.15, 0.2) is 8.24 Å². The van der Waals surface area contributed by atoms with Crippen LogP contribution < -0.4 is 4.74 Å². The average molecular weight is 544 g/mol. The third-order valence-corrected chi connectivity index (χ3v) is 14.5. The fraction of sp³-hybridized carbons (Fsp3) is 0.464. The molecule has 0 N–H and O–H groups in total. The summed E-state index contributed by atoms with van der Waals surface area (Å²) in [5.74, 6) is 0.323. The molecule has 0 amide bonds. The molecule has 0 fully saturated rings. The van der Waals surface area contributed by atoms with Gasteiger partial charge in [-0.15, -0.1) is 0 Å². The number of rotatable bonds is 9. The number of fused-ring (bicyclic) bond motifs is 1. The minimum Gasteiger partial charge on any atom is -0.422 e. The van der Waals surface area contributed by atoms with E-state index in [0.29, 0.717) is 27.9 Å². The Morgan fingerprint density at radius 1 is 0.971 bits per heavy atom. The summed E-state index contributed by atoms with van der Waals surface area (Å²) < 4.78 is 9.61. The van der Waals surface area contributed by atoms with E-state index in [1.807, 2.05) is 24.3 Å². The van der Waals surface area contributed by atoms with Crippen LogP contribution in [0.2, 0.25) is 16.6 Å². The molecule has 184 valence electrons. The maximum Gasteiger partial charge on any atom is 0.343 e. The number of hydrogen-bond acceptors (Lipinski definition) is 3. The van der Waals surface area contributed by atoms with Crippen molar-refractivity contribution in [3.63, 3.8) is 0 Å². The summed E-state index contributed by atoms with van der Waals surface area (Å²) in [7, 11) is 2.22. The summed E-state index contributed by atoms with van der Waals surface area (Å²) in [4.78, 5) is 15.2. The molecule has 0 unspecified atom stereocenters. The lowest BCUT2D eigenvalue weighted by molar-refractivity contribution is 0.0737. The number of ether oxygens (including phenoxy) is 1. The molecular weight excluding hydrogens is 504 g/mol. The van der Waals surface area contributed by atoms with Gasteiger partial charge in [-0.1, -0.05) is 63.5 Å². The highest BCUT2D eigenvalue weighted by molar-refractivity contribution is 9.10. The summed E-state index contributed by atoms with van der Waals surface area (Å²) in [5.41, 5.74) is 4.69. The number of esters is 1. The van der Waals surface area contributed by atoms with Gasteiger partial charge < -0.3 is 13.9 Å². The lowest BCUT2D eigenvalue weighted by Gasteiger charge is -2.44. The fourth-order valence-corrected chi connectivity index (χ4v) is 12.8. The molecule has 0 bridgehead atoms. The van der Waals surface area contributed by atoms with E-state index in [0.717, 1.165) is 22.8 Å². The molecule has 0 spiro atoms. The molecule has 3 rings (SSSR count). The summed E-state index contributed by atoms with van der Waals surface area (Å²) in [6, 6.07) is 13.5. The number of likely N-dealkylation sites (N-methyl/N-ethyl adjacent to an activating group) is 1. The zero-order valence-electron chi connectivity index (χ0n) is 21.9. The first-order valence-corrected chi connectivity index (χ1v) is 15.2. The molecule has 3 aromatic rings. The van der Waals surface area contributed by atoms with Gasteiger partial charge in [-0.05, 0) is 85.3 Å². The van der Waals surface area contributed by atoms with Crippen LogP contribution in [0.25, 0.3) is 10.9 Å². The molecule has 6 heteroatoms. The Labute approximate surface area is 214 Å². The van der Waals surface area contributed by atoms with Gasteiger partial charge >= 0.3 is 5.97 Å². The SMILES string of the molecule is CC(C)[Si](C(C)C)(C(C)C)n1cc(CCN(C)C)c2c(OC(=O)c3ccc(Br)cc3)cccc21. The van der Waals surface area contributed by atoms with Crippen molar-refractivity contribution in [2.75, 3.05) is 20.6 Å². The van der Waals surface area contributed by atoms with Crippen molar-refractivity contribution in [3.8, 4) is 5.75 Å². The smallest absolute Gasteiger partial charge is 0.343 e. The number of aromatic nitrogens is 1. The van der Waals surface area contributed by atoms with Crippen molar-refractivity contribution in [3.05, 3.63) is 64.3 Å². The topological polar surface area (TPSA) is 34.5 Å². The van der Waals surface area contributed by atoms with E-state index < -0.39 is 8.24 Å². The van der Waals surface area contributed by atoms with Crippen molar-refractivity contribution >= 4 is 41.0 Å². The molecule has 2 aromatic carbocycles. The number of carbonyl (C=O) groups excluding carboxylic acids is 1. The van der Waals surface area contributed by atoms with E-state index in [-0.39, 0.29) is 5.97 Å². The second-order valence-electron chi connectivity index (χ2n) is 10.5. The highest BCUT2D eigenvalue weighted by atomic mass is 79.9. The predicted molar refractivity (Wildman–Crippen MR) is 150 cm³/mol. The van der Waals surface area contributed by atoms with Crippen molar-refractivity contribution < 1.29 is 9.53 Å². The highest BCUT2D eigenvalue weighted by Crippen LogP contribution is 2.46. The van der Waals surface area contributed by atoms with Crippen LogP contribution >= 0.6 is 15.9 Å². The van der Waals surface area contributed by atoms with Gasteiger partial charge in [0, 0.05) is 21.9 Å². The quantitative estimate of drug-likeness (QED) is 0.157. The van der Waals surface area contributed by atoms with E-state index in [9.17, 15) is 4.79 Å². The first-order chi connectivity index (χ1) is 16.0. The summed E-state index contributed by atoms with van der Waals surface area (Å²) in [6.07, 6.45) is 3.29. The molecule has 0 saturated carbocycles. The Kier molecular flexibility index (Phi) is 8.48. The second kappa shape index (κ2) is 10.8. The van der Waals surface area contributed by atoms with Crippen molar-refractivity contribution in [2.24, 2.45) is 0 Å². The van der Waals surface area contributed by atoms with Gasteiger partial charge in [0.25, 0.3) is 0 Å². The van der Waals surface area contributed by atoms with E-state index >= 15 is 0 Å². The monoisotopic (exact) mass is 542 g/mol. The summed E-state index contributed by atoms with van der Waals surface area (Å²) in [5, 5.41) is 1.08. The maximum absolute atomic E-state index is 13.0. The Morgan fingerprint density at radius 3 is 2.09 bits per heavy atom. The van der Waals surface area contributed by atoms with Gasteiger partial charge in [-0.2, -0.15) is 0 Å². The number of nitrogens with zero attached hydrogens (tertiary/aromatic N) is 2. The minimum absolute atomic E-state index is 0.327. The lowest BCUT2D eigenvalue weighted by atomic mass is 10.1. The second-order valence-corrected chi connectivity index (χ2v) is 17.1. The number of halogens is 1. The number of benzene rings is 2. The van der Waals surface area contributed by atoms with Crippen molar-refractivity contribution in [1.82, 2.24) is 9.13 Å². The highest BCUT2D eigenvalue weighted by Gasteiger charge is 2.46. The molecule has 0 atom stereocenters. The lowest BCUT2D eigenvalue weighted by Crippen LogP contribution is -2.51. The molecule has 4 nitrogen and oxygen atoms in total. The van der Waals surface area contributed by atoms with Gasteiger partial charge in [0.05, 0.1) is 5.56 Å². The Morgan fingerprint density at radius 2 is 1.56 bits per heavy atom. The average Bonchev–Trinajstić information content (AvgIpc) is 3.12. The van der Waals surface area contributed by atoms with Gasteiger partial charge in [0.1, 0.15) is 5.75 Å². The van der Waals surface area contributed by atoms with Gasteiger partial charge in [-0.25, -0.2) is 4.79 Å². The largest absolute Gasteiger partial charge is 0.422 e. The molecule has 0 radical (unpaired) electrons. The first-order valence-electron chi connectivity index (χ1n) is 12.3. The number of carbonyl (C=O) groups is 1. The fourth-order valence-electron chi connectivity index (χ4n) is 5.85. The standard InChI is InChI=1S/C28H39BrN2O2Si/c1-19(2)34(20(3)4,21(5)6)31-18-23(16-17-30(7)8)27-25(31)10-9-11-26(27)33-28(32)22-12-14-24(29)15-13-22/h9-15,18-21H,16-17H2,1-8H3. The molecule has 0 saturated heterocycles. The van der Waals surface area contributed by atoms with Crippen LogP contribution in [0, 0.1) is 0 Å². The van der Waals surface area contributed by atoms with Crippen molar-refractivity contribution in [1.29, 1.82) is 0 Å². The van der Waals surface area contributed by atoms with Gasteiger partial charge in [0.2, 0.25) is 0 Å². The molecule has 0 aliphatic rings. The molecule has 1 aromatic heterocycles. The molecular formula is C28H39BrN2O2Si. The third kappa shape index (κ3) is 5.04. The number of hydrogen-bond donors (Lipinski definition) is 0. The van der Waals surface area contributed by atoms with Crippen LogP contribution in [0.4, 0.5) is 0 Å². The Balaban J connectivity index is 2.21. The van der Waals surface area contributed by atoms with Crippen LogP contribution in [0.5, 0.6) is 5.75 Å². The molecule has 0 aliphatic carbocycles. The van der Waals surface area contributed by atoms with Crippen LogP contribution in [-0.2, 0) is 6.42 Å². The maximum atomic E-state index is 13.0. The van der Waals surface area contributed by atoms with Crippen LogP contribution in [0.1, 0.15) is 57.5 Å².